The van der Waals surface area contributed by atoms with Gasteiger partial charge in [0.1, 0.15) is 18.3 Å². The molecule has 1 spiro atoms. The Kier molecular flexibility index (Phi) is 5.25. The van der Waals surface area contributed by atoms with E-state index < -0.39 is 51.4 Å². The molecule has 2 saturated carbocycles. The normalized spacial score (nSPS) is 41.4. The third kappa shape index (κ3) is 3.00. The predicted molar refractivity (Wildman–Crippen MR) is 120 cm³/mol. The van der Waals surface area contributed by atoms with Crippen molar-refractivity contribution >= 4 is 17.7 Å². The van der Waals surface area contributed by atoms with Gasteiger partial charge in [0.15, 0.2) is 5.76 Å². The number of hydrogen-bond donors (Lipinski definition) is 2. The minimum atomic E-state index is -1.48. The van der Waals surface area contributed by atoms with Crippen LogP contribution in [0.25, 0.3) is 0 Å². The molecule has 0 aromatic rings. The van der Waals surface area contributed by atoms with Gasteiger partial charge in [-0.25, -0.2) is 0 Å². The molecule has 0 heterocycles. The van der Waals surface area contributed by atoms with Crippen molar-refractivity contribution in [2.45, 2.75) is 72.0 Å². The van der Waals surface area contributed by atoms with E-state index in [4.69, 9.17) is 9.47 Å². The van der Waals surface area contributed by atoms with E-state index in [0.29, 0.717) is 31.3 Å². The fourth-order valence-electron chi connectivity index (χ4n) is 6.63. The second-order valence-electron chi connectivity index (χ2n) is 11.1. The van der Waals surface area contributed by atoms with Gasteiger partial charge in [-0.3, -0.25) is 14.4 Å². The summed E-state index contributed by atoms with van der Waals surface area (Å²) >= 11 is 0. The minimum Gasteiger partial charge on any atom is -0.504 e. The van der Waals surface area contributed by atoms with E-state index in [1.807, 2.05) is 13.0 Å². The third-order valence-electron chi connectivity index (χ3n) is 8.61. The van der Waals surface area contributed by atoms with Gasteiger partial charge in [-0.1, -0.05) is 32.9 Å². The topological polar surface area (TPSA) is 110 Å². The molecule has 0 saturated heterocycles. The van der Waals surface area contributed by atoms with Crippen LogP contribution in [0.4, 0.5) is 0 Å². The zero-order valence-corrected chi connectivity index (χ0v) is 20.1. The van der Waals surface area contributed by atoms with Crippen LogP contribution in [0.1, 0.15) is 60.3 Å². The van der Waals surface area contributed by atoms with Crippen molar-refractivity contribution < 1.29 is 34.1 Å². The lowest BCUT2D eigenvalue weighted by atomic mass is 9.34. The maximum absolute atomic E-state index is 13.5. The number of carbonyl (C=O) groups excluding carboxylic acids is 3. The number of hydrogen-bond acceptors (Lipinski definition) is 7. The Morgan fingerprint density at radius 2 is 1.97 bits per heavy atom. The molecule has 0 aliphatic heterocycles. The van der Waals surface area contributed by atoms with Crippen LogP contribution in [0.3, 0.4) is 0 Å². The summed E-state index contributed by atoms with van der Waals surface area (Å²) in [5.41, 5.74) is -3.37. The molecule has 2 fully saturated rings. The highest BCUT2D eigenvalue weighted by Crippen LogP contribution is 2.74. The summed E-state index contributed by atoms with van der Waals surface area (Å²) in [6.45, 7) is 12.1. The average Bonchev–Trinajstić information content (AvgIpc) is 2.74. The Morgan fingerprint density at radius 1 is 1.30 bits per heavy atom. The highest BCUT2D eigenvalue weighted by atomic mass is 16.6. The second kappa shape index (κ2) is 7.29. The highest BCUT2D eigenvalue weighted by Gasteiger charge is 2.77. The lowest BCUT2D eigenvalue weighted by Crippen LogP contribution is -2.75. The summed E-state index contributed by atoms with van der Waals surface area (Å²) in [7, 11) is 0. The number of rotatable bonds is 5. The van der Waals surface area contributed by atoms with Gasteiger partial charge < -0.3 is 19.7 Å². The van der Waals surface area contributed by atoms with Gasteiger partial charge in [-0.05, 0) is 38.5 Å². The SMILES string of the molecule is C=C[C@@]1(C)C=C2C(=O)C(O)=C3[C@@]4(O)[C@H](C[C@H](OC(C)=O)[C@]3(C)COC(=O)C(C)C)C[C@]24CC1. The Hall–Kier alpha value is -2.41. The summed E-state index contributed by atoms with van der Waals surface area (Å²) in [5, 5.41) is 23.5. The highest BCUT2D eigenvalue weighted by molar-refractivity contribution is 6.10. The van der Waals surface area contributed by atoms with Crippen molar-refractivity contribution in [2.24, 2.45) is 28.1 Å². The molecule has 7 nitrogen and oxygen atoms in total. The molecule has 2 N–H and O–H groups in total. The van der Waals surface area contributed by atoms with Crippen LogP contribution in [0.2, 0.25) is 0 Å². The first-order chi connectivity index (χ1) is 15.3. The van der Waals surface area contributed by atoms with Crippen LogP contribution in [-0.4, -0.2) is 46.2 Å². The van der Waals surface area contributed by atoms with E-state index >= 15 is 0 Å². The van der Waals surface area contributed by atoms with Gasteiger partial charge in [0.05, 0.1) is 11.3 Å². The number of carbonyl (C=O) groups is 3. The Labute approximate surface area is 194 Å². The first-order valence-electron chi connectivity index (χ1n) is 11.7. The molecular weight excluding hydrogens is 424 g/mol. The molecule has 0 amide bonds. The molecule has 0 aromatic carbocycles. The fourth-order valence-corrected chi connectivity index (χ4v) is 6.63. The van der Waals surface area contributed by atoms with E-state index in [0.717, 1.165) is 0 Å². The molecule has 0 bridgehead atoms. The van der Waals surface area contributed by atoms with Gasteiger partial charge in [0.25, 0.3) is 0 Å². The number of Topliss-reactive ketones (excluding diaryl/α,β-unsaturated/α-hetero) is 1. The van der Waals surface area contributed by atoms with Crippen LogP contribution < -0.4 is 0 Å². The number of aliphatic hydroxyl groups excluding tert-OH is 1. The predicted octanol–water partition coefficient (Wildman–Crippen LogP) is 3.57. The standard InChI is InChI=1S/C26H34O7/c1-7-23(5)8-9-25-11-16-10-18(33-15(4)27)24(6,13-32-22(30)14(2)3)21(26(16,25)31)20(29)19(28)17(25)12-23/h7,12,14,16,18,29,31H,1,8-11,13H2,2-6H3/t16-,18+,23-,24+,25-,26+/m1/s1. The van der Waals surface area contributed by atoms with E-state index in [1.54, 1.807) is 26.8 Å². The fraction of sp³-hybridized carbons (Fsp3) is 0.654. The Bertz CT molecular complexity index is 1010. The molecule has 180 valence electrons. The van der Waals surface area contributed by atoms with Crippen molar-refractivity contribution in [3.8, 4) is 0 Å². The van der Waals surface area contributed by atoms with Gasteiger partial charge in [-0.2, -0.15) is 0 Å². The number of ether oxygens (including phenoxy) is 2. The zero-order valence-electron chi connectivity index (χ0n) is 20.1. The lowest BCUT2D eigenvalue weighted by Gasteiger charge is -2.71. The van der Waals surface area contributed by atoms with E-state index in [1.165, 1.54) is 6.92 Å². The van der Waals surface area contributed by atoms with Gasteiger partial charge in [0, 0.05) is 28.9 Å². The third-order valence-corrected chi connectivity index (χ3v) is 8.61. The maximum Gasteiger partial charge on any atom is 0.308 e. The molecule has 33 heavy (non-hydrogen) atoms. The number of esters is 2. The summed E-state index contributed by atoms with van der Waals surface area (Å²) in [4.78, 5) is 37.7. The molecule has 0 unspecified atom stereocenters. The second-order valence-corrected chi connectivity index (χ2v) is 11.1. The summed E-state index contributed by atoms with van der Waals surface area (Å²) in [6.07, 6.45) is 5.08. The molecule has 4 rings (SSSR count). The largest absolute Gasteiger partial charge is 0.504 e. The van der Waals surface area contributed by atoms with Gasteiger partial charge in [-0.15, -0.1) is 6.58 Å². The molecule has 7 heteroatoms. The first-order valence-corrected chi connectivity index (χ1v) is 11.7. The monoisotopic (exact) mass is 458 g/mol. The zero-order chi connectivity index (χ0) is 24.6. The van der Waals surface area contributed by atoms with Crippen LogP contribution in [0, 0.1) is 28.1 Å². The van der Waals surface area contributed by atoms with Crippen molar-refractivity contribution in [3.63, 3.8) is 0 Å². The first kappa shape index (κ1) is 23.7. The van der Waals surface area contributed by atoms with Gasteiger partial charge in [0.2, 0.25) is 5.78 Å². The van der Waals surface area contributed by atoms with Crippen LogP contribution in [0.5, 0.6) is 0 Å². The Balaban J connectivity index is 1.88. The number of allylic oxidation sites excluding steroid dienone is 3. The molecule has 4 aliphatic carbocycles. The summed E-state index contributed by atoms with van der Waals surface area (Å²) in [5.74, 6) is -2.68. The van der Waals surface area contributed by atoms with Crippen molar-refractivity contribution in [1.82, 2.24) is 0 Å². The maximum atomic E-state index is 13.5. The smallest absolute Gasteiger partial charge is 0.308 e. The van der Waals surface area contributed by atoms with E-state index in [-0.39, 0.29) is 24.0 Å². The van der Waals surface area contributed by atoms with Crippen molar-refractivity contribution in [3.05, 3.63) is 35.6 Å². The molecule has 4 aliphatic rings. The number of ketones is 1. The molecule has 6 atom stereocenters. The van der Waals surface area contributed by atoms with Crippen LogP contribution in [0.15, 0.2) is 35.6 Å². The quantitative estimate of drug-likeness (QED) is 0.479. The summed E-state index contributed by atoms with van der Waals surface area (Å²) in [6, 6.07) is 0. The summed E-state index contributed by atoms with van der Waals surface area (Å²) < 4.78 is 11.2. The molecular formula is C26H34O7. The van der Waals surface area contributed by atoms with Crippen molar-refractivity contribution in [2.75, 3.05) is 6.61 Å². The van der Waals surface area contributed by atoms with E-state index in [2.05, 4.69) is 6.58 Å². The Morgan fingerprint density at radius 3 is 2.55 bits per heavy atom. The minimum absolute atomic E-state index is 0.143. The molecule has 0 aromatic heterocycles. The number of aliphatic hydroxyl groups is 2. The van der Waals surface area contributed by atoms with Crippen LogP contribution >= 0.6 is 0 Å². The van der Waals surface area contributed by atoms with E-state index in [9.17, 15) is 24.6 Å². The van der Waals surface area contributed by atoms with Crippen molar-refractivity contribution in [1.29, 1.82) is 0 Å². The van der Waals surface area contributed by atoms with Gasteiger partial charge >= 0.3 is 11.9 Å². The average molecular weight is 459 g/mol. The lowest BCUT2D eigenvalue weighted by molar-refractivity contribution is -0.240. The van der Waals surface area contributed by atoms with Crippen LogP contribution in [-0.2, 0) is 23.9 Å². The molecule has 0 radical (unpaired) electrons.